The minimum Gasteiger partial charge on any atom is -0.462 e. The first kappa shape index (κ1) is 80.8. The second-order valence-electron chi connectivity index (χ2n) is 22.4. The highest BCUT2D eigenvalue weighted by Gasteiger charge is 2.27. The van der Waals surface area contributed by atoms with Gasteiger partial charge >= 0.3 is 19.8 Å². The molecule has 482 valence electrons. The van der Waals surface area contributed by atoms with E-state index in [2.05, 4.69) is 208 Å². The maximum absolute atomic E-state index is 12.9. The molecule has 0 rings (SSSR count). The molecular formula is C76H121NO8P+. The monoisotopic (exact) mass is 1210 g/mol. The van der Waals surface area contributed by atoms with Gasteiger partial charge in [-0.3, -0.25) is 18.6 Å². The molecule has 0 heterocycles. The largest absolute Gasteiger partial charge is 0.472 e. The van der Waals surface area contributed by atoms with E-state index >= 15 is 0 Å². The van der Waals surface area contributed by atoms with E-state index in [0.29, 0.717) is 23.9 Å². The number of phosphoric acid groups is 1. The third kappa shape index (κ3) is 68.0. The van der Waals surface area contributed by atoms with Crippen LogP contribution in [0.3, 0.4) is 0 Å². The van der Waals surface area contributed by atoms with Gasteiger partial charge in [0.25, 0.3) is 0 Å². The number of quaternary nitrogens is 1. The summed E-state index contributed by atoms with van der Waals surface area (Å²) in [6.45, 7) is 4.14. The Hall–Kier alpha value is -5.15. The topological polar surface area (TPSA) is 108 Å². The van der Waals surface area contributed by atoms with Gasteiger partial charge in [0.15, 0.2) is 6.10 Å². The van der Waals surface area contributed by atoms with E-state index in [9.17, 15) is 19.0 Å². The minimum absolute atomic E-state index is 0.0141. The van der Waals surface area contributed by atoms with Gasteiger partial charge in [-0.15, -0.1) is 0 Å². The lowest BCUT2D eigenvalue weighted by atomic mass is 10.1. The highest BCUT2D eigenvalue weighted by Crippen LogP contribution is 2.43. The number of carbonyl (C=O) groups excluding carboxylic acids is 2. The first-order chi connectivity index (χ1) is 42.0. The van der Waals surface area contributed by atoms with Gasteiger partial charge in [-0.2, -0.15) is 0 Å². The molecule has 0 saturated heterocycles. The van der Waals surface area contributed by atoms with Crippen molar-refractivity contribution in [2.45, 2.75) is 225 Å². The van der Waals surface area contributed by atoms with Crippen LogP contribution in [0.25, 0.3) is 0 Å². The van der Waals surface area contributed by atoms with Crippen molar-refractivity contribution in [1.29, 1.82) is 0 Å². The Bertz CT molecular complexity index is 2150. The summed E-state index contributed by atoms with van der Waals surface area (Å²) in [7, 11) is 1.43. The molecule has 86 heavy (non-hydrogen) atoms. The van der Waals surface area contributed by atoms with Crippen molar-refractivity contribution in [3.05, 3.63) is 194 Å². The van der Waals surface area contributed by atoms with E-state index in [-0.39, 0.29) is 26.1 Å². The van der Waals surface area contributed by atoms with Crippen LogP contribution in [0.5, 0.6) is 0 Å². The summed E-state index contributed by atoms with van der Waals surface area (Å²) in [4.78, 5) is 35.8. The maximum Gasteiger partial charge on any atom is 0.472 e. The predicted molar refractivity (Wildman–Crippen MR) is 371 cm³/mol. The maximum atomic E-state index is 12.9. The molecule has 0 bridgehead atoms. The summed E-state index contributed by atoms with van der Waals surface area (Å²) >= 11 is 0. The molecule has 2 atom stereocenters. The highest BCUT2D eigenvalue weighted by molar-refractivity contribution is 7.47. The molecule has 0 aromatic rings. The van der Waals surface area contributed by atoms with Gasteiger partial charge in [0.1, 0.15) is 19.8 Å². The van der Waals surface area contributed by atoms with Crippen molar-refractivity contribution >= 4 is 19.8 Å². The molecule has 0 aromatic heterocycles. The molecule has 0 saturated carbocycles. The number of hydrogen-bond acceptors (Lipinski definition) is 7. The number of phosphoric ester groups is 1. The number of hydrogen-bond donors (Lipinski definition) is 1. The van der Waals surface area contributed by atoms with Crippen molar-refractivity contribution in [2.24, 2.45) is 0 Å². The van der Waals surface area contributed by atoms with E-state index in [4.69, 9.17) is 18.5 Å². The first-order valence-electron chi connectivity index (χ1n) is 33.2. The number of nitrogens with zero attached hydrogens (tertiary/aromatic N) is 1. The fourth-order valence-electron chi connectivity index (χ4n) is 8.10. The zero-order valence-electron chi connectivity index (χ0n) is 54.7. The van der Waals surface area contributed by atoms with Gasteiger partial charge in [0.05, 0.1) is 27.7 Å². The van der Waals surface area contributed by atoms with Crippen LogP contribution in [0, 0.1) is 0 Å². The lowest BCUT2D eigenvalue weighted by Gasteiger charge is -2.24. The fraction of sp³-hybridized carbons (Fsp3) is 0.553. The van der Waals surface area contributed by atoms with Gasteiger partial charge in [0, 0.05) is 12.8 Å². The van der Waals surface area contributed by atoms with Crippen molar-refractivity contribution in [3.63, 3.8) is 0 Å². The molecule has 0 aliphatic carbocycles. The quantitative estimate of drug-likeness (QED) is 0.0211. The molecule has 0 aliphatic heterocycles. The average Bonchev–Trinajstić information content (AvgIpc) is 3.56. The third-order valence-electron chi connectivity index (χ3n) is 13.1. The second-order valence-corrected chi connectivity index (χ2v) is 23.8. The van der Waals surface area contributed by atoms with Crippen LogP contribution in [0.2, 0.25) is 0 Å². The van der Waals surface area contributed by atoms with Crippen molar-refractivity contribution in [2.75, 3.05) is 47.5 Å². The minimum atomic E-state index is -4.41. The van der Waals surface area contributed by atoms with Crippen molar-refractivity contribution < 1.29 is 42.1 Å². The Morgan fingerprint density at radius 2 is 0.628 bits per heavy atom. The van der Waals surface area contributed by atoms with E-state index in [1.54, 1.807) is 0 Å². The Morgan fingerprint density at radius 3 is 0.930 bits per heavy atom. The molecule has 0 radical (unpaired) electrons. The number of rotatable bonds is 58. The Balaban J connectivity index is 4.23. The molecule has 0 spiro atoms. The third-order valence-corrected chi connectivity index (χ3v) is 14.1. The summed E-state index contributed by atoms with van der Waals surface area (Å²) in [5, 5.41) is 0. The van der Waals surface area contributed by atoms with Gasteiger partial charge in [-0.1, -0.05) is 260 Å². The van der Waals surface area contributed by atoms with Crippen LogP contribution < -0.4 is 0 Å². The number of esters is 2. The summed E-state index contributed by atoms with van der Waals surface area (Å²) in [5.74, 6) is -0.848. The molecular weight excluding hydrogens is 1090 g/mol. The van der Waals surface area contributed by atoms with Crippen molar-refractivity contribution in [3.8, 4) is 0 Å². The molecule has 0 amide bonds. The standard InChI is InChI=1S/C76H120NO8P/c1-6-8-10-12-14-16-18-20-22-24-26-28-30-31-32-33-34-35-36-37-38-39-40-41-42-43-44-45-47-49-51-53-55-57-59-61-63-65-67-69-76(79)85-74(73-84-86(80,81)83-71-70-77(3,4)5)72-82-75(78)68-66-64-62-60-58-56-54-52-50-48-46-29-27-25-23-21-19-17-15-13-11-9-7-2/h8-11,14-17,20-23,26-29,31-32,34-35,37-38,40-41,43-44,47-50,53,55,74H,6-7,12-13,18-19,24-25,30,33,36,39,42,45-46,51-52,54,56-73H2,1-5H3/p+1/b10-8-,11-9-,16-14-,17-15-,22-20-,23-21-,28-26-,29-27-,32-31-,35-34-,38-37-,41-40-,44-43-,49-47-,50-48-,55-53-. The van der Waals surface area contributed by atoms with E-state index in [1.807, 2.05) is 21.1 Å². The van der Waals surface area contributed by atoms with Crippen LogP contribution in [0.15, 0.2) is 194 Å². The lowest BCUT2D eigenvalue weighted by molar-refractivity contribution is -0.870. The van der Waals surface area contributed by atoms with Crippen LogP contribution in [-0.4, -0.2) is 74.9 Å². The van der Waals surface area contributed by atoms with E-state index in [0.717, 1.165) is 161 Å². The molecule has 0 aliphatic rings. The highest BCUT2D eigenvalue weighted by atomic mass is 31.2. The van der Waals surface area contributed by atoms with Gasteiger partial charge in [-0.05, 0) is 141 Å². The number of allylic oxidation sites excluding steroid dienone is 32. The zero-order chi connectivity index (χ0) is 62.6. The first-order valence-corrected chi connectivity index (χ1v) is 34.7. The molecule has 9 nitrogen and oxygen atoms in total. The van der Waals surface area contributed by atoms with Crippen LogP contribution >= 0.6 is 7.82 Å². The van der Waals surface area contributed by atoms with Gasteiger partial charge < -0.3 is 18.9 Å². The normalized spacial score (nSPS) is 14.4. The Morgan fingerprint density at radius 1 is 0.360 bits per heavy atom. The average molecular weight is 1210 g/mol. The van der Waals surface area contributed by atoms with Gasteiger partial charge in [-0.25, -0.2) is 4.57 Å². The lowest BCUT2D eigenvalue weighted by Crippen LogP contribution is -2.37. The second kappa shape index (κ2) is 64.3. The summed E-state index contributed by atoms with van der Waals surface area (Å²) < 4.78 is 34.6. The summed E-state index contributed by atoms with van der Waals surface area (Å²) in [6.07, 6.45) is 101. The van der Waals surface area contributed by atoms with Crippen LogP contribution in [0.1, 0.15) is 219 Å². The molecule has 0 fully saturated rings. The van der Waals surface area contributed by atoms with Crippen LogP contribution in [-0.2, 0) is 32.7 Å². The SMILES string of the molecule is CC/C=C\C/C=C\C/C=C\C/C=C\C/C=C\C/C=C\C/C=C\C/C=C\C/C=C\C/C=C\C/C=C\CCCCCCCC(=O)OC(COC(=O)CCCCCCCCC/C=C\C/C=C\C/C=C\C/C=C\C/C=C\CC)COP(=O)(O)OCC[N+](C)(C)C. The number of likely N-dealkylation sites (N-methyl/N-ethyl adjacent to an activating group) is 1. The summed E-state index contributed by atoms with van der Waals surface area (Å²) in [6, 6.07) is 0. The number of unbranched alkanes of at least 4 members (excludes halogenated alkanes) is 12. The predicted octanol–water partition coefficient (Wildman–Crippen LogP) is 21.7. The van der Waals surface area contributed by atoms with E-state index < -0.39 is 32.5 Å². The number of ether oxygens (including phenoxy) is 2. The molecule has 2 unspecified atom stereocenters. The fourth-order valence-corrected chi connectivity index (χ4v) is 8.85. The number of carbonyl (C=O) groups is 2. The molecule has 0 aromatic carbocycles. The smallest absolute Gasteiger partial charge is 0.462 e. The van der Waals surface area contributed by atoms with E-state index in [1.165, 1.54) is 19.3 Å². The van der Waals surface area contributed by atoms with Gasteiger partial charge in [0.2, 0.25) is 0 Å². The summed E-state index contributed by atoms with van der Waals surface area (Å²) in [5.41, 5.74) is 0. The Labute approximate surface area is 526 Å². The van der Waals surface area contributed by atoms with Crippen molar-refractivity contribution in [1.82, 2.24) is 0 Å². The Kier molecular flexibility index (Phi) is 60.5. The van der Waals surface area contributed by atoms with Crippen LogP contribution in [0.4, 0.5) is 0 Å². The molecule has 1 N–H and O–H groups in total. The molecule has 10 heteroatoms. The zero-order valence-corrected chi connectivity index (χ0v) is 55.6.